The predicted molar refractivity (Wildman–Crippen MR) is 84.1 cm³/mol. The van der Waals surface area contributed by atoms with E-state index in [1.807, 2.05) is 38.1 Å². The second-order valence-electron chi connectivity index (χ2n) is 6.19. The number of carbonyl (C=O) groups excluding carboxylic acids is 1. The molecule has 0 radical (unpaired) electrons. The van der Waals surface area contributed by atoms with Crippen LogP contribution in [0.3, 0.4) is 0 Å². The Bertz CT molecular complexity index is 450. The van der Waals surface area contributed by atoms with E-state index in [0.717, 1.165) is 17.2 Å². The van der Waals surface area contributed by atoms with Crippen LogP contribution in [0.5, 0.6) is 0 Å². The normalized spacial score (nSPS) is 17.2. The lowest BCUT2D eigenvalue weighted by Gasteiger charge is -2.22. The van der Waals surface area contributed by atoms with E-state index in [4.69, 9.17) is 0 Å². The van der Waals surface area contributed by atoms with Crippen LogP contribution in [0.25, 0.3) is 0 Å². The highest BCUT2D eigenvalue weighted by Crippen LogP contribution is 2.29. The largest absolute Gasteiger partial charge is 0.382 e. The second-order valence-corrected chi connectivity index (χ2v) is 6.19. The maximum absolute atomic E-state index is 12.0. The Morgan fingerprint density at radius 2 is 1.90 bits per heavy atom. The molecule has 0 saturated heterocycles. The van der Waals surface area contributed by atoms with Crippen molar-refractivity contribution in [3.05, 3.63) is 29.8 Å². The quantitative estimate of drug-likeness (QED) is 0.857. The van der Waals surface area contributed by atoms with Gasteiger partial charge in [0.05, 0.1) is 0 Å². The Labute approximate surface area is 122 Å². The Morgan fingerprint density at radius 1 is 1.20 bits per heavy atom. The summed E-state index contributed by atoms with van der Waals surface area (Å²) >= 11 is 0. The van der Waals surface area contributed by atoms with Crippen LogP contribution >= 0.6 is 0 Å². The summed E-state index contributed by atoms with van der Waals surface area (Å²) in [7, 11) is 0. The Morgan fingerprint density at radius 3 is 2.55 bits per heavy atom. The summed E-state index contributed by atoms with van der Waals surface area (Å²) in [6.07, 6.45) is 5.35. The summed E-state index contributed by atoms with van der Waals surface area (Å²) in [5.41, 5.74) is 1.77. The number of carbonyl (C=O) groups is 1. The van der Waals surface area contributed by atoms with E-state index in [0.29, 0.717) is 6.04 Å². The van der Waals surface area contributed by atoms with Crippen molar-refractivity contribution in [1.29, 1.82) is 0 Å². The number of benzene rings is 1. The van der Waals surface area contributed by atoms with Crippen LogP contribution in [0.15, 0.2) is 24.3 Å². The average molecular weight is 274 g/mol. The van der Waals surface area contributed by atoms with Crippen LogP contribution in [0.2, 0.25) is 0 Å². The fourth-order valence-electron chi connectivity index (χ4n) is 2.93. The molecule has 0 spiro atoms. The third kappa shape index (κ3) is 3.99. The molecule has 1 amide bonds. The molecule has 0 heterocycles. The van der Waals surface area contributed by atoms with E-state index in [-0.39, 0.29) is 11.9 Å². The van der Waals surface area contributed by atoms with Gasteiger partial charge in [-0.15, -0.1) is 0 Å². The Balaban J connectivity index is 2.00. The van der Waals surface area contributed by atoms with Crippen LogP contribution in [-0.2, 0) is 0 Å². The van der Waals surface area contributed by atoms with E-state index in [9.17, 15) is 4.79 Å². The summed E-state index contributed by atoms with van der Waals surface area (Å²) < 4.78 is 0. The van der Waals surface area contributed by atoms with Gasteiger partial charge in [-0.1, -0.05) is 18.9 Å². The molecule has 1 aliphatic carbocycles. The van der Waals surface area contributed by atoms with Crippen LogP contribution in [0.4, 0.5) is 5.69 Å². The molecule has 2 N–H and O–H groups in total. The number of amides is 1. The van der Waals surface area contributed by atoms with E-state index in [2.05, 4.69) is 17.6 Å². The number of rotatable bonds is 5. The zero-order valence-electron chi connectivity index (χ0n) is 12.8. The van der Waals surface area contributed by atoms with E-state index < -0.39 is 0 Å². The number of hydrogen-bond acceptors (Lipinski definition) is 2. The summed E-state index contributed by atoms with van der Waals surface area (Å²) in [6.45, 7) is 6.20. The second kappa shape index (κ2) is 6.78. The van der Waals surface area contributed by atoms with Crippen molar-refractivity contribution in [2.45, 2.75) is 58.5 Å². The maximum atomic E-state index is 12.0. The molecule has 2 rings (SSSR count). The molecule has 0 bridgehead atoms. The predicted octanol–water partition coefficient (Wildman–Crippen LogP) is 3.82. The van der Waals surface area contributed by atoms with Gasteiger partial charge in [0.25, 0.3) is 5.91 Å². The molecule has 1 atom stereocenters. The first-order chi connectivity index (χ1) is 9.56. The molecule has 20 heavy (non-hydrogen) atoms. The zero-order chi connectivity index (χ0) is 14.5. The molecule has 1 fully saturated rings. The highest BCUT2D eigenvalue weighted by molar-refractivity contribution is 5.95. The molecule has 1 unspecified atom stereocenters. The summed E-state index contributed by atoms with van der Waals surface area (Å²) in [4.78, 5) is 12.0. The molecule has 0 aromatic heterocycles. The van der Waals surface area contributed by atoms with Crippen molar-refractivity contribution in [1.82, 2.24) is 5.32 Å². The van der Waals surface area contributed by atoms with Gasteiger partial charge in [-0.3, -0.25) is 4.79 Å². The monoisotopic (exact) mass is 274 g/mol. The van der Waals surface area contributed by atoms with E-state index in [1.165, 1.54) is 25.7 Å². The lowest BCUT2D eigenvalue weighted by Crippen LogP contribution is -2.30. The van der Waals surface area contributed by atoms with E-state index in [1.54, 1.807) is 0 Å². The highest BCUT2D eigenvalue weighted by Gasteiger charge is 2.21. The lowest BCUT2D eigenvalue weighted by molar-refractivity contribution is 0.0943. The van der Waals surface area contributed by atoms with Gasteiger partial charge in [-0.25, -0.2) is 0 Å². The molecule has 3 heteroatoms. The lowest BCUT2D eigenvalue weighted by atomic mass is 9.99. The average Bonchev–Trinajstić information content (AvgIpc) is 2.92. The maximum Gasteiger partial charge on any atom is 0.251 e. The van der Waals surface area contributed by atoms with Crippen molar-refractivity contribution in [2.75, 3.05) is 5.32 Å². The van der Waals surface area contributed by atoms with Crippen molar-refractivity contribution in [3.8, 4) is 0 Å². The molecule has 110 valence electrons. The number of hydrogen-bond donors (Lipinski definition) is 2. The van der Waals surface area contributed by atoms with Gasteiger partial charge < -0.3 is 10.6 Å². The minimum absolute atomic E-state index is 0.00262. The van der Waals surface area contributed by atoms with Crippen molar-refractivity contribution in [3.63, 3.8) is 0 Å². The van der Waals surface area contributed by atoms with Crippen molar-refractivity contribution in [2.24, 2.45) is 5.92 Å². The molecule has 1 aromatic rings. The Hall–Kier alpha value is -1.51. The molecule has 0 aliphatic heterocycles. The molecule has 1 saturated carbocycles. The van der Waals surface area contributed by atoms with Gasteiger partial charge in [-0.2, -0.15) is 0 Å². The molecular formula is C17H26N2O. The third-order valence-electron chi connectivity index (χ3n) is 4.05. The summed E-state index contributed by atoms with van der Waals surface area (Å²) in [5.74, 6) is 0.764. The minimum atomic E-state index is -0.00262. The van der Waals surface area contributed by atoms with Gasteiger partial charge in [0.15, 0.2) is 0 Å². The minimum Gasteiger partial charge on any atom is -0.382 e. The fraction of sp³-hybridized carbons (Fsp3) is 0.588. The first-order valence-corrected chi connectivity index (χ1v) is 7.73. The SMILES string of the molecule is CC(C)NC(=O)c1cccc(NC(C)C2CCCC2)c1. The number of nitrogens with one attached hydrogen (secondary N) is 2. The first kappa shape index (κ1) is 14.9. The Kier molecular flexibility index (Phi) is 5.05. The van der Waals surface area contributed by atoms with Gasteiger partial charge in [0, 0.05) is 23.3 Å². The topological polar surface area (TPSA) is 41.1 Å². The van der Waals surface area contributed by atoms with Crippen LogP contribution < -0.4 is 10.6 Å². The third-order valence-corrected chi connectivity index (χ3v) is 4.05. The molecule has 1 aromatic carbocycles. The summed E-state index contributed by atoms with van der Waals surface area (Å²) in [6, 6.07) is 8.43. The fourth-order valence-corrected chi connectivity index (χ4v) is 2.93. The van der Waals surface area contributed by atoms with Crippen LogP contribution in [0.1, 0.15) is 56.8 Å². The van der Waals surface area contributed by atoms with Gasteiger partial charge in [0.1, 0.15) is 0 Å². The highest BCUT2D eigenvalue weighted by atomic mass is 16.1. The molecule has 3 nitrogen and oxygen atoms in total. The van der Waals surface area contributed by atoms with Gasteiger partial charge in [-0.05, 0) is 57.7 Å². The van der Waals surface area contributed by atoms with Crippen LogP contribution in [0, 0.1) is 5.92 Å². The number of anilines is 1. The standard InChI is InChI=1S/C17H26N2O/c1-12(2)18-17(20)15-9-6-10-16(11-15)19-13(3)14-7-4-5-8-14/h6,9-14,19H,4-5,7-8H2,1-3H3,(H,18,20). The zero-order valence-corrected chi connectivity index (χ0v) is 12.8. The van der Waals surface area contributed by atoms with Crippen molar-refractivity contribution >= 4 is 11.6 Å². The smallest absolute Gasteiger partial charge is 0.251 e. The van der Waals surface area contributed by atoms with Gasteiger partial charge >= 0.3 is 0 Å². The summed E-state index contributed by atoms with van der Waals surface area (Å²) in [5, 5.41) is 6.48. The van der Waals surface area contributed by atoms with Crippen molar-refractivity contribution < 1.29 is 4.79 Å². The first-order valence-electron chi connectivity index (χ1n) is 7.73. The van der Waals surface area contributed by atoms with Gasteiger partial charge in [0.2, 0.25) is 0 Å². The molecule has 1 aliphatic rings. The van der Waals surface area contributed by atoms with Crippen LogP contribution in [-0.4, -0.2) is 18.0 Å². The molecular weight excluding hydrogens is 248 g/mol. The van der Waals surface area contributed by atoms with E-state index >= 15 is 0 Å².